The average molecular weight is 363 g/mol. The van der Waals surface area contributed by atoms with Gasteiger partial charge < -0.3 is 14.2 Å². The standard InChI is InChI=1S/C20H23ClO4/c1-3-4-13-23-20(22)15(2)25-19-9-5-16(6-10-19)14-24-18-11-7-17(21)8-12-18/h5-12,15H,3-4,13-14H2,1-2H3. The van der Waals surface area contributed by atoms with Crippen LogP contribution in [0.15, 0.2) is 48.5 Å². The number of hydrogen-bond acceptors (Lipinski definition) is 4. The molecule has 0 aliphatic carbocycles. The van der Waals surface area contributed by atoms with Crippen molar-refractivity contribution in [3.63, 3.8) is 0 Å². The first-order chi connectivity index (χ1) is 12.1. The number of hydrogen-bond donors (Lipinski definition) is 0. The normalized spacial score (nSPS) is 11.6. The molecule has 0 heterocycles. The monoisotopic (exact) mass is 362 g/mol. The van der Waals surface area contributed by atoms with Crippen LogP contribution in [-0.4, -0.2) is 18.7 Å². The van der Waals surface area contributed by atoms with Crippen LogP contribution in [0.1, 0.15) is 32.3 Å². The minimum absolute atomic E-state index is 0.344. The highest BCUT2D eigenvalue weighted by Crippen LogP contribution is 2.19. The van der Waals surface area contributed by atoms with Crippen LogP contribution in [-0.2, 0) is 16.1 Å². The Bertz CT molecular complexity index is 652. The zero-order valence-corrected chi connectivity index (χ0v) is 15.3. The summed E-state index contributed by atoms with van der Waals surface area (Å²) in [4.78, 5) is 11.8. The van der Waals surface area contributed by atoms with Gasteiger partial charge in [0, 0.05) is 5.02 Å². The van der Waals surface area contributed by atoms with Crippen molar-refractivity contribution in [3.05, 3.63) is 59.1 Å². The van der Waals surface area contributed by atoms with E-state index in [-0.39, 0.29) is 5.97 Å². The summed E-state index contributed by atoms with van der Waals surface area (Å²) in [6.45, 7) is 4.61. The molecule has 25 heavy (non-hydrogen) atoms. The molecule has 0 aliphatic heterocycles. The van der Waals surface area contributed by atoms with Crippen molar-refractivity contribution >= 4 is 17.6 Å². The molecule has 5 heteroatoms. The first kappa shape index (κ1) is 19.1. The Labute approximate surface area is 153 Å². The second kappa shape index (κ2) is 9.94. The van der Waals surface area contributed by atoms with Crippen LogP contribution in [0, 0.1) is 0 Å². The van der Waals surface area contributed by atoms with Gasteiger partial charge in [-0.2, -0.15) is 0 Å². The molecule has 2 aromatic carbocycles. The van der Waals surface area contributed by atoms with E-state index in [1.165, 1.54) is 0 Å². The number of carbonyl (C=O) groups excluding carboxylic acids is 1. The van der Waals surface area contributed by atoms with Crippen molar-refractivity contribution in [1.82, 2.24) is 0 Å². The van der Waals surface area contributed by atoms with Gasteiger partial charge >= 0.3 is 5.97 Å². The minimum atomic E-state index is -0.631. The number of benzene rings is 2. The van der Waals surface area contributed by atoms with Crippen molar-refractivity contribution in [2.45, 2.75) is 39.4 Å². The van der Waals surface area contributed by atoms with Crippen LogP contribution >= 0.6 is 11.6 Å². The summed E-state index contributed by atoms with van der Waals surface area (Å²) in [6, 6.07) is 14.7. The van der Waals surface area contributed by atoms with Crippen LogP contribution < -0.4 is 9.47 Å². The highest BCUT2D eigenvalue weighted by Gasteiger charge is 2.15. The molecule has 0 N–H and O–H groups in total. The summed E-state index contributed by atoms with van der Waals surface area (Å²) < 4.78 is 16.4. The molecule has 1 atom stereocenters. The van der Waals surface area contributed by atoms with Gasteiger partial charge in [0.2, 0.25) is 0 Å². The first-order valence-corrected chi connectivity index (χ1v) is 8.77. The van der Waals surface area contributed by atoms with Crippen molar-refractivity contribution in [1.29, 1.82) is 0 Å². The van der Waals surface area contributed by atoms with E-state index in [1.54, 1.807) is 19.1 Å². The summed E-state index contributed by atoms with van der Waals surface area (Å²) in [7, 11) is 0. The summed E-state index contributed by atoms with van der Waals surface area (Å²) in [5.74, 6) is 1.03. The Hall–Kier alpha value is -2.20. The number of carbonyl (C=O) groups is 1. The predicted molar refractivity (Wildman–Crippen MR) is 98.2 cm³/mol. The third-order valence-corrected chi connectivity index (χ3v) is 3.78. The number of unbranched alkanes of at least 4 members (excludes halogenated alkanes) is 1. The topological polar surface area (TPSA) is 44.8 Å². The van der Waals surface area contributed by atoms with Crippen LogP contribution in [0.5, 0.6) is 11.5 Å². The van der Waals surface area contributed by atoms with Gasteiger partial charge in [-0.3, -0.25) is 0 Å². The van der Waals surface area contributed by atoms with Gasteiger partial charge in [-0.15, -0.1) is 0 Å². The third-order valence-electron chi connectivity index (χ3n) is 3.53. The number of esters is 1. The fourth-order valence-electron chi connectivity index (χ4n) is 2.05. The minimum Gasteiger partial charge on any atom is -0.489 e. The Morgan fingerprint density at radius 2 is 1.68 bits per heavy atom. The lowest BCUT2D eigenvalue weighted by Gasteiger charge is -2.14. The quantitative estimate of drug-likeness (QED) is 0.463. The van der Waals surface area contributed by atoms with E-state index in [0.717, 1.165) is 24.2 Å². The number of ether oxygens (including phenoxy) is 3. The molecule has 0 fully saturated rings. The second-order valence-corrected chi connectivity index (χ2v) is 6.10. The largest absolute Gasteiger partial charge is 0.489 e. The zero-order valence-electron chi connectivity index (χ0n) is 14.5. The Morgan fingerprint density at radius 1 is 1.04 bits per heavy atom. The Balaban J connectivity index is 1.80. The lowest BCUT2D eigenvalue weighted by molar-refractivity contribution is -0.151. The molecule has 0 spiro atoms. The molecule has 0 aromatic heterocycles. The fourth-order valence-corrected chi connectivity index (χ4v) is 2.17. The molecule has 1 unspecified atom stereocenters. The Morgan fingerprint density at radius 3 is 2.32 bits per heavy atom. The maximum absolute atomic E-state index is 11.8. The van der Waals surface area contributed by atoms with Gasteiger partial charge in [0.05, 0.1) is 6.61 Å². The molecule has 0 bridgehead atoms. The predicted octanol–water partition coefficient (Wildman–Crippen LogP) is 5.03. The van der Waals surface area contributed by atoms with Gasteiger partial charge in [0.1, 0.15) is 18.1 Å². The summed E-state index contributed by atoms with van der Waals surface area (Å²) in [6.07, 6.45) is 1.22. The maximum Gasteiger partial charge on any atom is 0.347 e. The van der Waals surface area contributed by atoms with E-state index in [0.29, 0.717) is 24.0 Å². The average Bonchev–Trinajstić information content (AvgIpc) is 2.62. The van der Waals surface area contributed by atoms with E-state index in [1.807, 2.05) is 43.3 Å². The van der Waals surface area contributed by atoms with Gasteiger partial charge in [-0.25, -0.2) is 4.79 Å². The molecule has 2 rings (SSSR count). The van der Waals surface area contributed by atoms with E-state index >= 15 is 0 Å². The van der Waals surface area contributed by atoms with Crippen molar-refractivity contribution in [2.24, 2.45) is 0 Å². The van der Waals surface area contributed by atoms with Gasteiger partial charge in [0.25, 0.3) is 0 Å². The van der Waals surface area contributed by atoms with Crippen LogP contribution in [0.2, 0.25) is 5.02 Å². The van der Waals surface area contributed by atoms with Crippen molar-refractivity contribution in [3.8, 4) is 11.5 Å². The molecule has 0 amide bonds. The highest BCUT2D eigenvalue weighted by atomic mass is 35.5. The van der Waals surface area contributed by atoms with Crippen LogP contribution in [0.4, 0.5) is 0 Å². The molecular formula is C20H23ClO4. The first-order valence-electron chi connectivity index (χ1n) is 8.39. The van der Waals surface area contributed by atoms with Gasteiger partial charge in [-0.1, -0.05) is 37.1 Å². The highest BCUT2D eigenvalue weighted by molar-refractivity contribution is 6.30. The third kappa shape index (κ3) is 6.67. The Kier molecular flexibility index (Phi) is 7.61. The lowest BCUT2D eigenvalue weighted by atomic mass is 10.2. The lowest BCUT2D eigenvalue weighted by Crippen LogP contribution is -2.26. The van der Waals surface area contributed by atoms with Gasteiger partial charge in [0.15, 0.2) is 6.10 Å². The molecule has 0 radical (unpaired) electrons. The summed E-state index contributed by atoms with van der Waals surface area (Å²) in [5, 5.41) is 0.677. The molecule has 0 saturated carbocycles. The zero-order chi connectivity index (χ0) is 18.1. The summed E-state index contributed by atoms with van der Waals surface area (Å²) >= 11 is 5.84. The SMILES string of the molecule is CCCCOC(=O)C(C)Oc1ccc(COc2ccc(Cl)cc2)cc1. The van der Waals surface area contributed by atoms with Crippen molar-refractivity contribution in [2.75, 3.05) is 6.61 Å². The van der Waals surface area contributed by atoms with Crippen molar-refractivity contribution < 1.29 is 19.0 Å². The van der Waals surface area contributed by atoms with E-state index in [9.17, 15) is 4.79 Å². The van der Waals surface area contributed by atoms with Gasteiger partial charge in [-0.05, 0) is 55.3 Å². The van der Waals surface area contributed by atoms with E-state index in [4.69, 9.17) is 25.8 Å². The molecule has 0 aliphatic rings. The molecule has 2 aromatic rings. The second-order valence-electron chi connectivity index (χ2n) is 5.67. The molecule has 0 saturated heterocycles. The van der Waals surface area contributed by atoms with Crippen LogP contribution in [0.25, 0.3) is 0 Å². The molecular weight excluding hydrogens is 340 g/mol. The maximum atomic E-state index is 11.8. The van der Waals surface area contributed by atoms with E-state index < -0.39 is 6.10 Å². The summed E-state index contributed by atoms with van der Waals surface area (Å²) in [5.41, 5.74) is 1.00. The van der Waals surface area contributed by atoms with E-state index in [2.05, 4.69) is 0 Å². The fraction of sp³-hybridized carbons (Fsp3) is 0.350. The van der Waals surface area contributed by atoms with Crippen LogP contribution in [0.3, 0.4) is 0 Å². The smallest absolute Gasteiger partial charge is 0.347 e. The number of halogens is 1. The molecule has 4 nitrogen and oxygen atoms in total. The molecule has 134 valence electrons. The number of rotatable bonds is 9.